The second-order valence-electron chi connectivity index (χ2n) is 4.61. The zero-order valence-electron chi connectivity index (χ0n) is 12.0. The largest absolute Gasteiger partial charge is 0.480 e. The predicted molar refractivity (Wildman–Crippen MR) is 71.9 cm³/mol. The predicted octanol–water partition coefficient (Wildman–Crippen LogP) is 2.55. The minimum absolute atomic E-state index is 0.00328. The van der Waals surface area contributed by atoms with E-state index >= 15 is 0 Å². The maximum absolute atomic E-state index is 12.6. The average molecular weight is 334 g/mol. The van der Waals surface area contributed by atoms with E-state index in [9.17, 15) is 32.9 Å². The van der Waals surface area contributed by atoms with Crippen molar-refractivity contribution in [3.05, 3.63) is 39.4 Å². The van der Waals surface area contributed by atoms with E-state index in [-0.39, 0.29) is 12.6 Å². The van der Waals surface area contributed by atoms with Crippen LogP contribution in [0, 0.1) is 10.1 Å². The lowest BCUT2D eigenvalue weighted by Gasteiger charge is -2.20. The molecule has 0 radical (unpaired) electrons. The molecule has 0 atom stereocenters. The van der Waals surface area contributed by atoms with Gasteiger partial charge in [0.2, 0.25) is 0 Å². The van der Waals surface area contributed by atoms with Gasteiger partial charge in [0.25, 0.3) is 11.6 Å². The summed E-state index contributed by atoms with van der Waals surface area (Å²) in [5.41, 5.74) is -2.87. The van der Waals surface area contributed by atoms with Crippen molar-refractivity contribution in [3.63, 3.8) is 0 Å². The number of carboxylic acid groups (broad SMARTS) is 1. The zero-order chi connectivity index (χ0) is 17.8. The van der Waals surface area contributed by atoms with Crippen LogP contribution in [0.15, 0.2) is 18.2 Å². The van der Waals surface area contributed by atoms with Gasteiger partial charge < -0.3 is 10.0 Å². The summed E-state index contributed by atoms with van der Waals surface area (Å²) in [5.74, 6) is -2.34. The topological polar surface area (TPSA) is 101 Å². The number of alkyl halides is 3. The van der Waals surface area contributed by atoms with E-state index < -0.39 is 46.3 Å². The number of benzene rings is 1. The van der Waals surface area contributed by atoms with Gasteiger partial charge in [-0.1, -0.05) is 6.92 Å². The second-order valence-corrected chi connectivity index (χ2v) is 4.61. The highest BCUT2D eigenvalue weighted by molar-refractivity contribution is 5.99. The van der Waals surface area contributed by atoms with Gasteiger partial charge in [0.05, 0.1) is 10.5 Å². The Labute approximate surface area is 128 Å². The molecule has 1 aromatic rings. The van der Waals surface area contributed by atoms with Gasteiger partial charge in [-0.3, -0.25) is 19.7 Å². The average Bonchev–Trinajstić information content (AvgIpc) is 2.44. The summed E-state index contributed by atoms with van der Waals surface area (Å²) in [6.07, 6.45) is -4.41. The van der Waals surface area contributed by atoms with Crippen LogP contribution in [0.2, 0.25) is 0 Å². The Morgan fingerprint density at radius 3 is 2.39 bits per heavy atom. The first-order valence-corrected chi connectivity index (χ1v) is 6.44. The summed E-state index contributed by atoms with van der Waals surface area (Å²) in [7, 11) is 0. The van der Waals surface area contributed by atoms with Crippen LogP contribution in [0.5, 0.6) is 0 Å². The minimum atomic E-state index is -4.80. The number of nitro groups is 1. The summed E-state index contributed by atoms with van der Waals surface area (Å²) in [5, 5.41) is 19.7. The van der Waals surface area contributed by atoms with E-state index in [1.807, 2.05) is 0 Å². The van der Waals surface area contributed by atoms with Crippen LogP contribution in [-0.2, 0) is 11.0 Å². The number of carbonyl (C=O) groups excluding carboxylic acids is 1. The molecule has 126 valence electrons. The van der Waals surface area contributed by atoms with Gasteiger partial charge in [-0.15, -0.1) is 0 Å². The maximum Gasteiger partial charge on any atom is 0.416 e. The molecule has 10 heteroatoms. The lowest BCUT2D eigenvalue weighted by Crippen LogP contribution is -2.36. The van der Waals surface area contributed by atoms with Crippen molar-refractivity contribution in [3.8, 4) is 0 Å². The Morgan fingerprint density at radius 2 is 1.96 bits per heavy atom. The Kier molecular flexibility index (Phi) is 5.66. The smallest absolute Gasteiger partial charge is 0.416 e. The number of rotatable bonds is 6. The van der Waals surface area contributed by atoms with E-state index in [1.165, 1.54) is 0 Å². The molecular formula is C13H13F3N2O5. The summed E-state index contributed by atoms with van der Waals surface area (Å²) in [6.45, 7) is 0.956. The fourth-order valence-electron chi connectivity index (χ4n) is 1.90. The molecule has 7 nitrogen and oxygen atoms in total. The number of hydrogen-bond donors (Lipinski definition) is 1. The van der Waals surface area contributed by atoms with Crippen LogP contribution in [-0.4, -0.2) is 39.9 Å². The van der Waals surface area contributed by atoms with Gasteiger partial charge in [-0.2, -0.15) is 13.2 Å². The maximum atomic E-state index is 12.6. The van der Waals surface area contributed by atoms with Crippen LogP contribution in [0.3, 0.4) is 0 Å². The lowest BCUT2D eigenvalue weighted by atomic mass is 10.1. The zero-order valence-corrected chi connectivity index (χ0v) is 12.0. The van der Waals surface area contributed by atoms with E-state index in [0.717, 1.165) is 4.90 Å². The highest BCUT2D eigenvalue weighted by atomic mass is 19.4. The van der Waals surface area contributed by atoms with E-state index in [4.69, 9.17) is 5.11 Å². The molecule has 0 saturated carbocycles. The molecule has 1 rings (SSSR count). The number of nitrogens with zero attached hydrogens (tertiary/aromatic N) is 2. The second kappa shape index (κ2) is 7.07. The van der Waals surface area contributed by atoms with Gasteiger partial charge >= 0.3 is 12.1 Å². The van der Waals surface area contributed by atoms with E-state index in [0.29, 0.717) is 18.6 Å². The molecule has 0 saturated heterocycles. The number of carboxylic acids is 1. The van der Waals surface area contributed by atoms with Crippen molar-refractivity contribution >= 4 is 17.6 Å². The lowest BCUT2D eigenvalue weighted by molar-refractivity contribution is -0.385. The molecule has 1 amide bonds. The third kappa shape index (κ3) is 4.66. The quantitative estimate of drug-likeness (QED) is 0.636. The van der Waals surface area contributed by atoms with Gasteiger partial charge in [-0.25, -0.2) is 0 Å². The molecule has 0 heterocycles. The number of amides is 1. The summed E-state index contributed by atoms with van der Waals surface area (Å²) in [6, 6.07) is 1.50. The van der Waals surface area contributed by atoms with Crippen molar-refractivity contribution < 1.29 is 32.8 Å². The monoisotopic (exact) mass is 334 g/mol. The Morgan fingerprint density at radius 1 is 1.35 bits per heavy atom. The molecule has 0 aliphatic carbocycles. The fraction of sp³-hybridized carbons (Fsp3) is 0.385. The SMILES string of the molecule is CCCN(CC(=O)O)C(=O)c1ccc(C(F)(F)F)cc1[N+](=O)[O-]. The number of hydrogen-bond acceptors (Lipinski definition) is 4. The normalized spacial score (nSPS) is 11.1. The summed E-state index contributed by atoms with van der Waals surface area (Å²) >= 11 is 0. The number of halogens is 3. The van der Waals surface area contributed by atoms with Crippen LogP contribution in [0.4, 0.5) is 18.9 Å². The fourth-order valence-corrected chi connectivity index (χ4v) is 1.90. The van der Waals surface area contributed by atoms with Crippen molar-refractivity contribution in [2.24, 2.45) is 0 Å². The third-order valence-electron chi connectivity index (χ3n) is 2.86. The van der Waals surface area contributed by atoms with Crippen molar-refractivity contribution in [2.45, 2.75) is 19.5 Å². The molecule has 0 aromatic heterocycles. The van der Waals surface area contributed by atoms with Crippen LogP contribution in [0.25, 0.3) is 0 Å². The number of carbonyl (C=O) groups is 2. The van der Waals surface area contributed by atoms with Gasteiger partial charge in [0.15, 0.2) is 0 Å². The molecule has 0 aliphatic heterocycles. The van der Waals surface area contributed by atoms with Crippen molar-refractivity contribution in [1.82, 2.24) is 4.90 Å². The van der Waals surface area contributed by atoms with E-state index in [1.54, 1.807) is 6.92 Å². The number of aliphatic carboxylic acids is 1. The van der Waals surface area contributed by atoms with Crippen LogP contribution in [0.1, 0.15) is 29.3 Å². The molecule has 0 spiro atoms. The van der Waals surface area contributed by atoms with Gasteiger partial charge in [0.1, 0.15) is 12.1 Å². The first-order chi connectivity index (χ1) is 10.6. The molecular weight excluding hydrogens is 321 g/mol. The molecule has 1 N–H and O–H groups in total. The van der Waals surface area contributed by atoms with Crippen molar-refractivity contribution in [2.75, 3.05) is 13.1 Å². The minimum Gasteiger partial charge on any atom is -0.480 e. The number of nitro benzene ring substituents is 1. The molecule has 0 fully saturated rings. The molecule has 0 unspecified atom stereocenters. The highest BCUT2D eigenvalue weighted by Gasteiger charge is 2.34. The standard InChI is InChI=1S/C13H13F3N2O5/c1-2-5-17(7-11(19)20)12(21)9-4-3-8(13(14,15)16)6-10(9)18(22)23/h3-4,6H,2,5,7H2,1H3,(H,19,20). The molecule has 0 bridgehead atoms. The van der Waals surface area contributed by atoms with Gasteiger partial charge in [-0.05, 0) is 18.6 Å². The first-order valence-electron chi connectivity index (χ1n) is 6.44. The summed E-state index contributed by atoms with van der Waals surface area (Å²) in [4.78, 5) is 33.7. The van der Waals surface area contributed by atoms with Crippen LogP contribution < -0.4 is 0 Å². The van der Waals surface area contributed by atoms with Crippen LogP contribution >= 0.6 is 0 Å². The molecule has 23 heavy (non-hydrogen) atoms. The first kappa shape index (κ1) is 18.4. The Balaban J connectivity index is 3.31. The molecule has 1 aromatic carbocycles. The third-order valence-corrected chi connectivity index (χ3v) is 2.86. The van der Waals surface area contributed by atoms with Crippen molar-refractivity contribution in [1.29, 1.82) is 0 Å². The van der Waals surface area contributed by atoms with Gasteiger partial charge in [0, 0.05) is 12.6 Å². The highest BCUT2D eigenvalue weighted by Crippen LogP contribution is 2.33. The summed E-state index contributed by atoms with van der Waals surface area (Å²) < 4.78 is 37.9. The Hall–Kier alpha value is -2.65. The van der Waals surface area contributed by atoms with E-state index in [2.05, 4.69) is 0 Å². The molecule has 0 aliphatic rings. The Bertz CT molecular complexity index is 631.